The van der Waals surface area contributed by atoms with Crippen molar-refractivity contribution in [1.29, 1.82) is 0 Å². The number of nitrogens with one attached hydrogen (secondary N) is 1. The maximum Gasteiger partial charge on any atom is 0.0857 e. The molecule has 0 radical (unpaired) electrons. The highest BCUT2D eigenvalue weighted by molar-refractivity contribution is 9.11. The number of hydrogen-bond acceptors (Lipinski definition) is 5. The molecule has 1 unspecified atom stereocenters. The minimum absolute atomic E-state index is 0.0352. The van der Waals surface area contributed by atoms with Gasteiger partial charge >= 0.3 is 0 Å². The van der Waals surface area contributed by atoms with E-state index in [-0.39, 0.29) is 11.5 Å². The van der Waals surface area contributed by atoms with Gasteiger partial charge in [-0.05, 0) is 46.6 Å². The average Bonchev–Trinajstić information content (AvgIpc) is 2.93. The minimum Gasteiger partial charge on any atom is -0.312 e. The Morgan fingerprint density at radius 2 is 2.11 bits per heavy atom. The van der Waals surface area contributed by atoms with Gasteiger partial charge in [-0.15, -0.1) is 16.4 Å². The molecule has 2 heterocycles. The van der Waals surface area contributed by atoms with E-state index >= 15 is 0 Å². The van der Waals surface area contributed by atoms with Gasteiger partial charge in [0.25, 0.3) is 0 Å². The molecule has 2 aromatic rings. The molecule has 1 atom stereocenters. The van der Waals surface area contributed by atoms with E-state index in [0.717, 1.165) is 12.1 Å². The van der Waals surface area contributed by atoms with Gasteiger partial charge in [0.2, 0.25) is 0 Å². The molecular weight excluding hydrogens is 342 g/mol. The van der Waals surface area contributed by atoms with Crippen LogP contribution in [0.15, 0.2) is 15.9 Å². The van der Waals surface area contributed by atoms with Crippen molar-refractivity contribution in [2.24, 2.45) is 0 Å². The number of thiophene rings is 1. The second-order valence-corrected chi connectivity index (χ2v) is 8.82. The summed E-state index contributed by atoms with van der Waals surface area (Å²) in [7, 11) is 2.00. The number of nitrogens with zero attached hydrogens (tertiary/aromatic N) is 2. The first-order valence-electron chi connectivity index (χ1n) is 6.16. The third-order valence-electron chi connectivity index (χ3n) is 2.92. The van der Waals surface area contributed by atoms with Crippen molar-refractivity contribution in [3.05, 3.63) is 31.4 Å². The number of aromatic nitrogens is 2. The Kier molecular flexibility index (Phi) is 4.76. The van der Waals surface area contributed by atoms with Crippen molar-refractivity contribution in [3.8, 4) is 0 Å². The fourth-order valence-electron chi connectivity index (χ4n) is 1.93. The highest BCUT2D eigenvalue weighted by Gasteiger charge is 2.26. The molecule has 0 amide bonds. The van der Waals surface area contributed by atoms with Crippen LogP contribution in [0.2, 0.25) is 0 Å². The Hall–Kier alpha value is -0.300. The van der Waals surface area contributed by atoms with E-state index in [9.17, 15) is 0 Å². The first kappa shape index (κ1) is 15.1. The Morgan fingerprint density at radius 1 is 1.37 bits per heavy atom. The van der Waals surface area contributed by atoms with Gasteiger partial charge in [-0.2, -0.15) is 0 Å². The van der Waals surface area contributed by atoms with E-state index in [1.54, 1.807) is 11.3 Å². The highest BCUT2D eigenvalue weighted by Crippen LogP contribution is 2.33. The summed E-state index contributed by atoms with van der Waals surface area (Å²) >= 11 is 6.80. The topological polar surface area (TPSA) is 37.8 Å². The molecule has 0 aliphatic rings. The first-order valence-corrected chi connectivity index (χ1v) is 8.54. The molecule has 0 aliphatic carbocycles. The van der Waals surface area contributed by atoms with Crippen molar-refractivity contribution in [1.82, 2.24) is 14.9 Å². The van der Waals surface area contributed by atoms with Crippen molar-refractivity contribution in [2.45, 2.75) is 38.6 Å². The van der Waals surface area contributed by atoms with E-state index in [1.165, 1.54) is 25.1 Å². The van der Waals surface area contributed by atoms with Gasteiger partial charge < -0.3 is 5.32 Å². The molecule has 104 valence electrons. The smallest absolute Gasteiger partial charge is 0.0857 e. The van der Waals surface area contributed by atoms with Gasteiger partial charge in [-0.1, -0.05) is 25.3 Å². The van der Waals surface area contributed by atoms with E-state index in [4.69, 9.17) is 0 Å². The summed E-state index contributed by atoms with van der Waals surface area (Å²) in [5.74, 6) is 0. The normalized spacial score (nSPS) is 13.7. The first-order chi connectivity index (χ1) is 8.91. The molecule has 0 saturated heterocycles. The Bertz CT molecular complexity index is 542. The lowest BCUT2D eigenvalue weighted by atomic mass is 9.89. The Labute approximate surface area is 130 Å². The lowest BCUT2D eigenvalue weighted by Gasteiger charge is -2.21. The zero-order chi connectivity index (χ0) is 14.0. The molecule has 2 aromatic heterocycles. The summed E-state index contributed by atoms with van der Waals surface area (Å²) in [5.41, 5.74) is 1.14. The molecule has 2 rings (SSSR count). The monoisotopic (exact) mass is 359 g/mol. The van der Waals surface area contributed by atoms with E-state index in [0.29, 0.717) is 0 Å². The van der Waals surface area contributed by atoms with Crippen molar-refractivity contribution >= 4 is 38.8 Å². The number of rotatable bonds is 4. The Balaban J connectivity index is 2.25. The SMILES string of the molecule is CNC(Cc1ccc(Br)s1)c1snnc1C(C)(C)C. The minimum atomic E-state index is 0.0352. The second-order valence-electron chi connectivity index (χ2n) is 5.49. The lowest BCUT2D eigenvalue weighted by molar-refractivity contribution is 0.532. The second kappa shape index (κ2) is 5.99. The maximum atomic E-state index is 4.33. The predicted octanol–water partition coefficient (Wildman–Crippen LogP) is 4.16. The summed E-state index contributed by atoms with van der Waals surface area (Å²) in [6, 6.07) is 4.55. The molecule has 3 nitrogen and oxygen atoms in total. The third-order valence-corrected chi connectivity index (χ3v) is 5.41. The van der Waals surface area contributed by atoms with Gasteiger partial charge in [-0.3, -0.25) is 0 Å². The molecular formula is C13H18BrN3S2. The van der Waals surface area contributed by atoms with Crippen LogP contribution in [0.1, 0.15) is 42.3 Å². The summed E-state index contributed by atoms with van der Waals surface area (Å²) < 4.78 is 5.33. The lowest BCUT2D eigenvalue weighted by Crippen LogP contribution is -2.22. The summed E-state index contributed by atoms with van der Waals surface area (Å²) in [6.45, 7) is 6.55. The average molecular weight is 360 g/mol. The summed E-state index contributed by atoms with van der Waals surface area (Å²) in [4.78, 5) is 2.61. The summed E-state index contributed by atoms with van der Waals surface area (Å²) in [6.07, 6.45) is 0.972. The Morgan fingerprint density at radius 3 is 2.63 bits per heavy atom. The molecule has 0 aliphatic heterocycles. The van der Waals surface area contributed by atoms with Gasteiger partial charge in [0.05, 0.1) is 14.4 Å². The molecule has 1 N–H and O–H groups in total. The molecule has 0 saturated carbocycles. The molecule has 6 heteroatoms. The van der Waals surface area contributed by atoms with Crippen LogP contribution in [-0.4, -0.2) is 16.6 Å². The van der Waals surface area contributed by atoms with Crippen molar-refractivity contribution in [3.63, 3.8) is 0 Å². The maximum absolute atomic E-state index is 4.33. The van der Waals surface area contributed by atoms with Crippen LogP contribution in [0.5, 0.6) is 0 Å². The van der Waals surface area contributed by atoms with Crippen molar-refractivity contribution in [2.75, 3.05) is 7.05 Å². The third kappa shape index (κ3) is 3.62. The molecule has 0 spiro atoms. The number of hydrogen-bond donors (Lipinski definition) is 1. The molecule has 0 fully saturated rings. The predicted molar refractivity (Wildman–Crippen MR) is 86.1 cm³/mol. The number of likely N-dealkylation sites (N-methyl/N-ethyl adjacent to an activating group) is 1. The zero-order valence-corrected chi connectivity index (χ0v) is 14.7. The van der Waals surface area contributed by atoms with E-state index in [2.05, 4.69) is 63.7 Å². The van der Waals surface area contributed by atoms with Crippen LogP contribution in [-0.2, 0) is 11.8 Å². The molecule has 0 aromatic carbocycles. The summed E-state index contributed by atoms with van der Waals surface area (Å²) in [5, 5.41) is 7.72. The number of halogens is 1. The van der Waals surface area contributed by atoms with Gasteiger partial charge in [-0.25, -0.2) is 0 Å². The van der Waals surface area contributed by atoms with Crippen LogP contribution in [0, 0.1) is 0 Å². The molecule has 19 heavy (non-hydrogen) atoms. The largest absolute Gasteiger partial charge is 0.312 e. The van der Waals surface area contributed by atoms with Crippen LogP contribution >= 0.6 is 38.8 Å². The van der Waals surface area contributed by atoms with Crippen LogP contribution in [0.25, 0.3) is 0 Å². The molecule has 0 bridgehead atoms. The quantitative estimate of drug-likeness (QED) is 0.890. The van der Waals surface area contributed by atoms with Crippen LogP contribution in [0.4, 0.5) is 0 Å². The highest BCUT2D eigenvalue weighted by atomic mass is 79.9. The zero-order valence-electron chi connectivity index (χ0n) is 11.5. The van der Waals surface area contributed by atoms with Gasteiger partial charge in [0.1, 0.15) is 0 Å². The standard InChI is InChI=1S/C13H18BrN3S2/c1-13(2,3)12-11(19-17-16-12)9(15-4)7-8-5-6-10(14)18-8/h5-6,9,15H,7H2,1-4H3. The van der Waals surface area contributed by atoms with Crippen molar-refractivity contribution < 1.29 is 0 Å². The van der Waals surface area contributed by atoms with E-state index < -0.39 is 0 Å². The van der Waals surface area contributed by atoms with Crippen LogP contribution < -0.4 is 5.32 Å². The van der Waals surface area contributed by atoms with Gasteiger partial charge in [0.15, 0.2) is 0 Å². The fourth-order valence-corrected chi connectivity index (χ4v) is 4.44. The van der Waals surface area contributed by atoms with Crippen LogP contribution in [0.3, 0.4) is 0 Å². The fraction of sp³-hybridized carbons (Fsp3) is 0.538. The van der Waals surface area contributed by atoms with Gasteiger partial charge in [0, 0.05) is 22.8 Å². The van der Waals surface area contributed by atoms with E-state index in [1.807, 2.05) is 7.05 Å².